The van der Waals surface area contributed by atoms with Gasteiger partial charge in [0.2, 0.25) is 0 Å². The van der Waals surface area contributed by atoms with Gasteiger partial charge >= 0.3 is 0 Å². The van der Waals surface area contributed by atoms with Crippen LogP contribution in [0.4, 0.5) is 0 Å². The van der Waals surface area contributed by atoms with E-state index in [1.807, 2.05) is 54.6 Å². The number of nitrogens with zero attached hydrogens (tertiary/aromatic N) is 1. The molecule has 146 valence electrons. The molecule has 0 amide bonds. The quantitative estimate of drug-likeness (QED) is 0.484. The molecule has 0 bridgehead atoms. The molecule has 0 unspecified atom stereocenters. The fourth-order valence-electron chi connectivity index (χ4n) is 2.99. The lowest BCUT2D eigenvalue weighted by molar-refractivity contribution is 0.211. The van der Waals surface area contributed by atoms with Gasteiger partial charge in [-0.25, -0.2) is 4.98 Å². The first kappa shape index (κ1) is 18.6. The fraction of sp³-hybridized carbons (Fsp3) is 0.130. The molecule has 29 heavy (non-hydrogen) atoms. The monoisotopic (exact) mass is 388 g/mol. The van der Waals surface area contributed by atoms with E-state index in [1.54, 1.807) is 25.3 Å². The highest BCUT2D eigenvalue weighted by Crippen LogP contribution is 2.31. The number of H-pyrrole nitrogens is 1. The summed E-state index contributed by atoms with van der Waals surface area (Å²) in [7, 11) is 1.57. The summed E-state index contributed by atoms with van der Waals surface area (Å²) in [5.74, 6) is 2.42. The molecule has 1 heterocycles. The Balaban J connectivity index is 1.50. The number of rotatable bonds is 7. The molecule has 1 aromatic heterocycles. The molecule has 0 aliphatic carbocycles. The minimum atomic E-state index is -0.178. The van der Waals surface area contributed by atoms with E-state index in [9.17, 15) is 4.79 Å². The van der Waals surface area contributed by atoms with Crippen LogP contribution in [0.25, 0.3) is 22.3 Å². The summed E-state index contributed by atoms with van der Waals surface area (Å²) in [5.41, 5.74) is 1.20. The molecule has 0 radical (unpaired) electrons. The molecule has 0 aliphatic rings. The maximum atomic E-state index is 12.3. The first-order chi connectivity index (χ1) is 14.2. The van der Waals surface area contributed by atoms with Crippen molar-refractivity contribution in [3.63, 3.8) is 0 Å². The number of aromatic amines is 1. The largest absolute Gasteiger partial charge is 0.493 e. The molecule has 4 rings (SSSR count). The van der Waals surface area contributed by atoms with Gasteiger partial charge in [-0.1, -0.05) is 30.3 Å². The number of methoxy groups -OCH3 is 1. The smallest absolute Gasteiger partial charge is 0.259 e. The van der Waals surface area contributed by atoms with E-state index >= 15 is 0 Å². The van der Waals surface area contributed by atoms with Gasteiger partial charge in [-0.05, 0) is 42.5 Å². The summed E-state index contributed by atoms with van der Waals surface area (Å²) in [6.45, 7) is 0.782. The zero-order valence-corrected chi connectivity index (χ0v) is 15.9. The topological polar surface area (TPSA) is 73.4 Å². The number of fused-ring (bicyclic) bond motifs is 1. The highest BCUT2D eigenvalue weighted by molar-refractivity contribution is 5.79. The molecule has 0 fully saturated rings. The number of hydrogen-bond acceptors (Lipinski definition) is 5. The molecule has 6 nitrogen and oxygen atoms in total. The maximum absolute atomic E-state index is 12.3. The van der Waals surface area contributed by atoms with Crippen molar-refractivity contribution in [1.82, 2.24) is 9.97 Å². The third-order valence-corrected chi connectivity index (χ3v) is 4.40. The third-order valence-electron chi connectivity index (χ3n) is 4.40. The lowest BCUT2D eigenvalue weighted by atomic mass is 10.1. The minimum absolute atomic E-state index is 0.178. The highest BCUT2D eigenvalue weighted by Gasteiger charge is 2.10. The summed E-state index contributed by atoms with van der Waals surface area (Å²) >= 11 is 0. The molecular weight excluding hydrogens is 368 g/mol. The van der Waals surface area contributed by atoms with Crippen LogP contribution < -0.4 is 19.8 Å². The van der Waals surface area contributed by atoms with Crippen LogP contribution in [0.5, 0.6) is 17.2 Å². The second-order valence-corrected chi connectivity index (χ2v) is 6.31. The van der Waals surface area contributed by atoms with Gasteiger partial charge < -0.3 is 19.2 Å². The van der Waals surface area contributed by atoms with Crippen LogP contribution in [0, 0.1) is 0 Å². The lowest BCUT2D eigenvalue weighted by Gasteiger charge is -2.13. The Labute approximate surface area is 167 Å². The summed E-state index contributed by atoms with van der Waals surface area (Å²) in [6, 6.07) is 22.2. The van der Waals surface area contributed by atoms with E-state index < -0.39 is 0 Å². The molecule has 0 aliphatic heterocycles. The zero-order chi connectivity index (χ0) is 20.1. The predicted molar refractivity (Wildman–Crippen MR) is 112 cm³/mol. The number of nitrogens with one attached hydrogen (secondary N) is 1. The maximum Gasteiger partial charge on any atom is 0.259 e. The number of benzene rings is 3. The molecule has 0 saturated heterocycles. The van der Waals surface area contributed by atoms with Crippen molar-refractivity contribution in [2.75, 3.05) is 20.3 Å². The third kappa shape index (κ3) is 4.21. The average Bonchev–Trinajstić information content (AvgIpc) is 2.77. The van der Waals surface area contributed by atoms with E-state index in [0.29, 0.717) is 41.4 Å². The van der Waals surface area contributed by atoms with Gasteiger partial charge in [-0.3, -0.25) is 4.79 Å². The van der Waals surface area contributed by atoms with Gasteiger partial charge in [-0.15, -0.1) is 0 Å². The molecule has 0 saturated carbocycles. The minimum Gasteiger partial charge on any atom is -0.493 e. The van der Waals surface area contributed by atoms with Crippen molar-refractivity contribution in [3.8, 4) is 28.6 Å². The van der Waals surface area contributed by atoms with Gasteiger partial charge in [0, 0.05) is 5.56 Å². The summed E-state index contributed by atoms with van der Waals surface area (Å²) < 4.78 is 16.9. The average molecular weight is 388 g/mol. The first-order valence-electron chi connectivity index (χ1n) is 9.23. The van der Waals surface area contributed by atoms with Gasteiger partial charge in [-0.2, -0.15) is 0 Å². The number of ether oxygens (including phenoxy) is 3. The van der Waals surface area contributed by atoms with Crippen molar-refractivity contribution >= 4 is 10.9 Å². The van der Waals surface area contributed by atoms with Crippen LogP contribution in [0.2, 0.25) is 0 Å². The molecule has 0 atom stereocenters. The second kappa shape index (κ2) is 8.48. The van der Waals surface area contributed by atoms with Crippen molar-refractivity contribution in [2.45, 2.75) is 0 Å². The van der Waals surface area contributed by atoms with Gasteiger partial charge in [0.25, 0.3) is 5.56 Å². The predicted octanol–water partition coefficient (Wildman–Crippen LogP) is 4.06. The Morgan fingerprint density at radius 1 is 0.862 bits per heavy atom. The fourth-order valence-corrected chi connectivity index (χ4v) is 2.99. The van der Waals surface area contributed by atoms with Crippen LogP contribution >= 0.6 is 0 Å². The summed E-state index contributed by atoms with van der Waals surface area (Å²) in [4.78, 5) is 19.7. The number of para-hydroxylation sites is 2. The van der Waals surface area contributed by atoms with E-state index in [4.69, 9.17) is 14.2 Å². The zero-order valence-electron chi connectivity index (χ0n) is 15.9. The first-order valence-corrected chi connectivity index (χ1v) is 9.23. The van der Waals surface area contributed by atoms with E-state index in [0.717, 1.165) is 11.3 Å². The van der Waals surface area contributed by atoms with Crippen LogP contribution in [0.15, 0.2) is 77.6 Å². The Morgan fingerprint density at radius 3 is 2.45 bits per heavy atom. The van der Waals surface area contributed by atoms with Crippen molar-refractivity contribution < 1.29 is 14.2 Å². The Morgan fingerprint density at radius 2 is 1.62 bits per heavy atom. The van der Waals surface area contributed by atoms with Crippen molar-refractivity contribution in [1.29, 1.82) is 0 Å². The van der Waals surface area contributed by atoms with E-state index in [-0.39, 0.29) is 5.56 Å². The standard InChI is InChI=1S/C23H20N2O4/c1-27-21-15-16(22-24-19-10-6-5-9-18(19)23(26)25-22)11-12-20(21)29-14-13-28-17-7-3-2-4-8-17/h2-12,15H,13-14H2,1H3,(H,24,25,26). The molecule has 4 aromatic rings. The van der Waals surface area contributed by atoms with Crippen LogP contribution in [0.3, 0.4) is 0 Å². The van der Waals surface area contributed by atoms with Gasteiger partial charge in [0.15, 0.2) is 11.5 Å². The lowest BCUT2D eigenvalue weighted by Crippen LogP contribution is -2.10. The Kier molecular flexibility index (Phi) is 5.42. The number of hydrogen-bond donors (Lipinski definition) is 1. The molecule has 6 heteroatoms. The second-order valence-electron chi connectivity index (χ2n) is 6.31. The number of aromatic nitrogens is 2. The highest BCUT2D eigenvalue weighted by atomic mass is 16.5. The molecular formula is C23H20N2O4. The summed E-state index contributed by atoms with van der Waals surface area (Å²) in [5, 5.41) is 0.557. The van der Waals surface area contributed by atoms with Crippen LogP contribution in [0.1, 0.15) is 0 Å². The van der Waals surface area contributed by atoms with Crippen LogP contribution in [-0.4, -0.2) is 30.3 Å². The summed E-state index contributed by atoms with van der Waals surface area (Å²) in [6.07, 6.45) is 0. The van der Waals surface area contributed by atoms with Gasteiger partial charge in [0.1, 0.15) is 24.8 Å². The normalized spacial score (nSPS) is 10.7. The van der Waals surface area contributed by atoms with Gasteiger partial charge in [0.05, 0.1) is 18.0 Å². The van der Waals surface area contributed by atoms with Crippen LogP contribution in [-0.2, 0) is 0 Å². The molecule has 0 spiro atoms. The SMILES string of the molecule is COc1cc(-c2nc3ccccc3c(=O)[nH]2)ccc1OCCOc1ccccc1. The molecule has 1 N–H and O–H groups in total. The van der Waals surface area contributed by atoms with E-state index in [2.05, 4.69) is 9.97 Å². The van der Waals surface area contributed by atoms with E-state index in [1.165, 1.54) is 0 Å². The van der Waals surface area contributed by atoms with Crippen molar-refractivity contribution in [2.24, 2.45) is 0 Å². The molecule has 3 aromatic carbocycles. The van der Waals surface area contributed by atoms with Crippen molar-refractivity contribution in [3.05, 3.63) is 83.2 Å². The Bertz CT molecular complexity index is 1170. The Hall–Kier alpha value is -3.80.